The van der Waals surface area contributed by atoms with Crippen LogP contribution in [-0.2, 0) is 6.42 Å². The Bertz CT molecular complexity index is 387. The molecule has 1 aliphatic carbocycles. The summed E-state index contributed by atoms with van der Waals surface area (Å²) in [6.07, 6.45) is 0.393. The zero-order chi connectivity index (χ0) is 11.2. The first-order valence-corrected chi connectivity index (χ1v) is 5.92. The summed E-state index contributed by atoms with van der Waals surface area (Å²) in [5.41, 5.74) is 2.29. The van der Waals surface area contributed by atoms with Gasteiger partial charge in [0.15, 0.2) is 0 Å². The third-order valence-corrected chi connectivity index (χ3v) is 3.83. The van der Waals surface area contributed by atoms with Crippen molar-refractivity contribution in [2.45, 2.75) is 32.3 Å². The molecule has 0 spiro atoms. The summed E-state index contributed by atoms with van der Waals surface area (Å²) >= 11 is 12.0. The molecule has 0 aromatic heterocycles. The van der Waals surface area contributed by atoms with Crippen molar-refractivity contribution in [2.24, 2.45) is 5.92 Å². The van der Waals surface area contributed by atoms with E-state index in [1.165, 1.54) is 0 Å². The fraction of sp³-hybridized carbons (Fsp3) is 0.500. The fourth-order valence-electron chi connectivity index (χ4n) is 2.45. The second-order valence-electron chi connectivity index (χ2n) is 4.51. The molecule has 0 bridgehead atoms. The number of benzene rings is 1. The van der Waals surface area contributed by atoms with Crippen molar-refractivity contribution in [3.05, 3.63) is 33.3 Å². The normalized spacial score (nSPS) is 24.7. The molecule has 1 N–H and O–H groups in total. The summed E-state index contributed by atoms with van der Waals surface area (Å²) in [5, 5.41) is 11.1. The first-order chi connectivity index (χ1) is 7.00. The van der Waals surface area contributed by atoms with Gasteiger partial charge in [0.25, 0.3) is 0 Å². The molecule has 15 heavy (non-hydrogen) atoms. The van der Waals surface area contributed by atoms with Crippen LogP contribution in [0.5, 0.6) is 0 Å². The molecule has 0 fully saturated rings. The van der Waals surface area contributed by atoms with Crippen LogP contribution < -0.4 is 0 Å². The number of hydrogen-bond acceptors (Lipinski definition) is 1. The van der Waals surface area contributed by atoms with Gasteiger partial charge < -0.3 is 5.11 Å². The number of aliphatic hydroxyl groups is 1. The van der Waals surface area contributed by atoms with E-state index >= 15 is 0 Å². The van der Waals surface area contributed by atoms with E-state index in [0.29, 0.717) is 22.4 Å². The predicted octanol–water partition coefficient (Wildman–Crippen LogP) is 3.65. The molecule has 1 aliphatic rings. The van der Waals surface area contributed by atoms with Gasteiger partial charge in [-0.05, 0) is 35.6 Å². The monoisotopic (exact) mass is 244 g/mol. The van der Waals surface area contributed by atoms with Crippen molar-refractivity contribution < 1.29 is 5.11 Å². The molecule has 0 aliphatic heterocycles. The van der Waals surface area contributed by atoms with Crippen LogP contribution in [0.25, 0.3) is 0 Å². The lowest BCUT2D eigenvalue weighted by molar-refractivity contribution is 0.136. The molecule has 3 heteroatoms. The van der Waals surface area contributed by atoms with Gasteiger partial charge in [-0.2, -0.15) is 0 Å². The molecule has 82 valence electrons. The van der Waals surface area contributed by atoms with Gasteiger partial charge in [-0.15, -0.1) is 0 Å². The minimum atomic E-state index is -0.297. The third kappa shape index (κ3) is 1.89. The van der Waals surface area contributed by atoms with Gasteiger partial charge in [-0.3, -0.25) is 0 Å². The molecule has 0 amide bonds. The number of hydrogen-bond donors (Lipinski definition) is 1. The molecule has 0 saturated heterocycles. The summed E-state index contributed by atoms with van der Waals surface area (Å²) < 4.78 is 0. The second kappa shape index (κ2) is 3.97. The minimum Gasteiger partial charge on any atom is -0.392 e. The lowest BCUT2D eigenvalue weighted by atomic mass is 9.89. The van der Waals surface area contributed by atoms with Crippen molar-refractivity contribution in [2.75, 3.05) is 0 Å². The van der Waals surface area contributed by atoms with Gasteiger partial charge in [0.05, 0.1) is 16.1 Å². The van der Waals surface area contributed by atoms with Crippen LogP contribution in [0.2, 0.25) is 10.0 Å². The molecular weight excluding hydrogens is 231 g/mol. The highest BCUT2D eigenvalue weighted by atomic mass is 35.5. The van der Waals surface area contributed by atoms with Crippen molar-refractivity contribution >= 4 is 23.2 Å². The summed E-state index contributed by atoms with van der Waals surface area (Å²) in [7, 11) is 0. The summed E-state index contributed by atoms with van der Waals surface area (Å²) in [5.74, 6) is 0.605. The topological polar surface area (TPSA) is 20.2 Å². The Kier molecular flexibility index (Phi) is 2.98. The molecule has 0 radical (unpaired) electrons. The van der Waals surface area contributed by atoms with Crippen LogP contribution >= 0.6 is 23.2 Å². The molecule has 0 saturated carbocycles. The molecule has 2 rings (SSSR count). The number of fused-ring (bicyclic) bond motifs is 1. The van der Waals surface area contributed by atoms with Crippen LogP contribution in [-0.4, -0.2) is 11.2 Å². The Morgan fingerprint density at radius 3 is 2.47 bits per heavy atom. The minimum absolute atomic E-state index is 0.190. The number of halogens is 2. The maximum atomic E-state index is 9.98. The lowest BCUT2D eigenvalue weighted by Gasteiger charge is -2.20. The highest BCUT2D eigenvalue weighted by molar-refractivity contribution is 6.42. The smallest absolute Gasteiger partial charge is 0.0651 e. The van der Waals surface area contributed by atoms with Gasteiger partial charge in [0, 0.05) is 5.92 Å². The largest absolute Gasteiger partial charge is 0.392 e. The van der Waals surface area contributed by atoms with E-state index < -0.39 is 0 Å². The first kappa shape index (κ1) is 11.3. The van der Waals surface area contributed by atoms with Gasteiger partial charge in [0.1, 0.15) is 0 Å². The van der Waals surface area contributed by atoms with Gasteiger partial charge in [0.2, 0.25) is 0 Å². The van der Waals surface area contributed by atoms with Gasteiger partial charge in [-0.1, -0.05) is 37.0 Å². The fourth-order valence-corrected chi connectivity index (χ4v) is 2.81. The number of aliphatic hydroxyl groups excluding tert-OH is 1. The van der Waals surface area contributed by atoms with E-state index in [1.54, 1.807) is 0 Å². The van der Waals surface area contributed by atoms with Crippen molar-refractivity contribution in [1.82, 2.24) is 0 Å². The van der Waals surface area contributed by atoms with Gasteiger partial charge in [-0.25, -0.2) is 0 Å². The summed E-state index contributed by atoms with van der Waals surface area (Å²) in [6, 6.07) is 3.78. The van der Waals surface area contributed by atoms with Crippen LogP contribution in [0.4, 0.5) is 0 Å². The van der Waals surface area contributed by atoms with Crippen LogP contribution in [0.15, 0.2) is 12.1 Å². The molecule has 0 heterocycles. The zero-order valence-corrected chi connectivity index (χ0v) is 10.3. The number of rotatable bonds is 1. The van der Waals surface area contributed by atoms with E-state index in [1.807, 2.05) is 12.1 Å². The zero-order valence-electron chi connectivity index (χ0n) is 8.80. The molecule has 1 aromatic carbocycles. The Morgan fingerprint density at radius 1 is 1.27 bits per heavy atom. The maximum absolute atomic E-state index is 9.98. The van der Waals surface area contributed by atoms with Crippen LogP contribution in [0, 0.1) is 5.92 Å². The van der Waals surface area contributed by atoms with Crippen LogP contribution in [0.1, 0.15) is 30.9 Å². The summed E-state index contributed by atoms with van der Waals surface area (Å²) in [6.45, 7) is 4.23. The Morgan fingerprint density at radius 2 is 1.87 bits per heavy atom. The molecule has 1 aromatic rings. The maximum Gasteiger partial charge on any atom is 0.0651 e. The SMILES string of the molecule is CC(C)[C@H]1c2cc(Cl)c(Cl)cc2C[C@@H]1O. The second-order valence-corrected chi connectivity index (χ2v) is 5.32. The summed E-state index contributed by atoms with van der Waals surface area (Å²) in [4.78, 5) is 0. The molecule has 0 unspecified atom stereocenters. The van der Waals surface area contributed by atoms with Crippen molar-refractivity contribution in [3.63, 3.8) is 0 Å². The van der Waals surface area contributed by atoms with E-state index in [-0.39, 0.29) is 12.0 Å². The van der Waals surface area contributed by atoms with Crippen LogP contribution in [0.3, 0.4) is 0 Å². The average molecular weight is 245 g/mol. The Labute approximate surface area is 100 Å². The van der Waals surface area contributed by atoms with Crippen molar-refractivity contribution in [3.8, 4) is 0 Å². The predicted molar refractivity (Wildman–Crippen MR) is 63.8 cm³/mol. The average Bonchev–Trinajstić information content (AvgIpc) is 2.41. The highest BCUT2D eigenvalue weighted by Gasteiger charge is 2.33. The molecule has 1 nitrogen and oxygen atoms in total. The Hall–Kier alpha value is -0.240. The molecule has 2 atom stereocenters. The van der Waals surface area contributed by atoms with Crippen molar-refractivity contribution in [1.29, 1.82) is 0 Å². The van der Waals surface area contributed by atoms with Gasteiger partial charge >= 0.3 is 0 Å². The standard InChI is InChI=1S/C12H14Cl2O/c1-6(2)12-8-5-10(14)9(13)3-7(8)4-11(12)15/h3,5-6,11-12,15H,4H2,1-2H3/t11-,12-/m0/s1. The Balaban J connectivity index is 2.49. The lowest BCUT2D eigenvalue weighted by Crippen LogP contribution is -2.18. The quantitative estimate of drug-likeness (QED) is 0.800. The first-order valence-electron chi connectivity index (χ1n) is 5.16. The molecular formula is C12H14Cl2O. The third-order valence-electron chi connectivity index (χ3n) is 3.10. The van der Waals surface area contributed by atoms with E-state index in [9.17, 15) is 5.11 Å². The van der Waals surface area contributed by atoms with E-state index in [2.05, 4.69) is 13.8 Å². The van der Waals surface area contributed by atoms with E-state index in [0.717, 1.165) is 11.1 Å². The van der Waals surface area contributed by atoms with E-state index in [4.69, 9.17) is 23.2 Å². The highest BCUT2D eigenvalue weighted by Crippen LogP contribution is 2.41.